The molecule has 1 amide bonds. The number of carbonyl (C=O) groups is 1. The van der Waals surface area contributed by atoms with Crippen molar-refractivity contribution in [1.82, 2.24) is 19.8 Å². The van der Waals surface area contributed by atoms with Gasteiger partial charge in [0.15, 0.2) is 0 Å². The highest BCUT2D eigenvalue weighted by Crippen LogP contribution is 2.11. The molecule has 0 saturated carbocycles. The molecule has 2 aliphatic rings. The highest BCUT2D eigenvalue weighted by Gasteiger charge is 2.25. The largest absolute Gasteiger partial charge is 0.340 e. The van der Waals surface area contributed by atoms with Crippen molar-refractivity contribution in [2.75, 3.05) is 52.1 Å². The Labute approximate surface area is 132 Å². The first-order chi connectivity index (χ1) is 9.44. The summed E-state index contributed by atoms with van der Waals surface area (Å²) in [6, 6.07) is -0.0145. The fourth-order valence-corrected chi connectivity index (χ4v) is 3.56. The second-order valence-electron chi connectivity index (χ2n) is 5.56. The van der Waals surface area contributed by atoms with E-state index >= 15 is 0 Å². The Morgan fingerprint density at radius 2 is 1.95 bits per heavy atom. The van der Waals surface area contributed by atoms with Gasteiger partial charge in [0, 0.05) is 51.7 Å². The van der Waals surface area contributed by atoms with Crippen LogP contribution in [0.4, 0.5) is 0 Å². The number of piperazine rings is 1. The smallest absolute Gasteiger partial charge is 0.223 e. The third-order valence-corrected chi connectivity index (χ3v) is 4.53. The van der Waals surface area contributed by atoms with Crippen LogP contribution in [0.5, 0.6) is 0 Å². The topological polar surface area (TPSA) is 81.8 Å². The van der Waals surface area contributed by atoms with E-state index in [-0.39, 0.29) is 24.4 Å². The van der Waals surface area contributed by atoms with E-state index in [1.165, 1.54) is 6.26 Å². The van der Waals surface area contributed by atoms with Gasteiger partial charge in [0.05, 0.1) is 6.26 Å². The van der Waals surface area contributed by atoms with Crippen LogP contribution in [0.3, 0.4) is 0 Å². The zero-order valence-corrected chi connectivity index (χ0v) is 14.0. The number of amides is 1. The Bertz CT molecular complexity index is 440. The van der Waals surface area contributed by atoms with Gasteiger partial charge in [-0.3, -0.25) is 4.79 Å². The Morgan fingerprint density at radius 1 is 1.29 bits per heavy atom. The van der Waals surface area contributed by atoms with E-state index in [1.807, 2.05) is 4.90 Å². The molecule has 0 spiro atoms. The molecule has 2 saturated heterocycles. The van der Waals surface area contributed by atoms with Gasteiger partial charge < -0.3 is 15.1 Å². The summed E-state index contributed by atoms with van der Waals surface area (Å²) in [5, 5.41) is 3.22. The van der Waals surface area contributed by atoms with E-state index in [2.05, 4.69) is 14.9 Å². The molecule has 0 aromatic heterocycles. The Kier molecular flexibility index (Phi) is 7.35. The summed E-state index contributed by atoms with van der Waals surface area (Å²) in [7, 11) is -3.14. The fourth-order valence-electron chi connectivity index (χ4n) is 2.76. The molecule has 124 valence electrons. The van der Waals surface area contributed by atoms with Gasteiger partial charge in [-0.15, -0.1) is 12.4 Å². The monoisotopic (exact) mass is 340 g/mol. The third kappa shape index (κ3) is 6.48. The molecule has 2 fully saturated rings. The van der Waals surface area contributed by atoms with Crippen LogP contribution >= 0.6 is 12.4 Å². The number of carbonyl (C=O) groups excluding carboxylic acids is 1. The van der Waals surface area contributed by atoms with Crippen LogP contribution in [0.2, 0.25) is 0 Å². The van der Waals surface area contributed by atoms with Gasteiger partial charge in [0.25, 0.3) is 0 Å². The van der Waals surface area contributed by atoms with E-state index in [0.29, 0.717) is 19.5 Å². The predicted octanol–water partition coefficient (Wildman–Crippen LogP) is -1.15. The van der Waals surface area contributed by atoms with Gasteiger partial charge >= 0.3 is 0 Å². The van der Waals surface area contributed by atoms with Crippen LogP contribution in [0, 0.1) is 0 Å². The molecule has 1 unspecified atom stereocenters. The van der Waals surface area contributed by atoms with Crippen molar-refractivity contribution >= 4 is 28.3 Å². The summed E-state index contributed by atoms with van der Waals surface area (Å²) in [6.07, 6.45) is 2.52. The molecule has 2 aliphatic heterocycles. The molecule has 1 atom stereocenters. The molecule has 2 N–H and O–H groups in total. The first kappa shape index (κ1) is 18.6. The first-order valence-corrected chi connectivity index (χ1v) is 9.01. The van der Waals surface area contributed by atoms with Crippen LogP contribution in [-0.4, -0.2) is 82.2 Å². The fraction of sp³-hybridized carbons (Fsp3) is 0.917. The summed E-state index contributed by atoms with van der Waals surface area (Å²) < 4.78 is 25.0. The summed E-state index contributed by atoms with van der Waals surface area (Å²) in [5.74, 6) is 0.200. The Balaban J connectivity index is 0.00000220. The van der Waals surface area contributed by atoms with Gasteiger partial charge in [0.1, 0.15) is 0 Å². The molecule has 7 nitrogen and oxygen atoms in total. The number of hydrogen-bond acceptors (Lipinski definition) is 5. The van der Waals surface area contributed by atoms with Crippen LogP contribution in [0.1, 0.15) is 12.8 Å². The van der Waals surface area contributed by atoms with Crippen molar-refractivity contribution < 1.29 is 13.2 Å². The summed E-state index contributed by atoms with van der Waals surface area (Å²) in [4.78, 5) is 16.1. The van der Waals surface area contributed by atoms with E-state index in [9.17, 15) is 13.2 Å². The highest BCUT2D eigenvalue weighted by molar-refractivity contribution is 7.88. The Morgan fingerprint density at radius 3 is 2.57 bits per heavy atom. The third-order valence-electron chi connectivity index (χ3n) is 3.76. The summed E-state index contributed by atoms with van der Waals surface area (Å²) in [6.45, 7) is 5.58. The number of nitrogens with one attached hydrogen (secondary N) is 2. The van der Waals surface area contributed by atoms with Crippen molar-refractivity contribution in [3.05, 3.63) is 0 Å². The highest BCUT2D eigenvalue weighted by atomic mass is 35.5. The van der Waals surface area contributed by atoms with Gasteiger partial charge in [-0.25, -0.2) is 13.1 Å². The van der Waals surface area contributed by atoms with Crippen LogP contribution in [0.25, 0.3) is 0 Å². The van der Waals surface area contributed by atoms with E-state index in [0.717, 1.165) is 39.1 Å². The van der Waals surface area contributed by atoms with Crippen LogP contribution in [0.15, 0.2) is 0 Å². The second kappa shape index (κ2) is 8.28. The number of hydrogen-bond donors (Lipinski definition) is 2. The zero-order valence-electron chi connectivity index (χ0n) is 12.4. The molecule has 9 heteroatoms. The average Bonchev–Trinajstić information content (AvgIpc) is 2.82. The van der Waals surface area contributed by atoms with Crippen molar-refractivity contribution in [3.63, 3.8) is 0 Å². The average molecular weight is 341 g/mol. The number of likely N-dealkylation sites (tertiary alicyclic amines) is 1. The summed E-state index contributed by atoms with van der Waals surface area (Å²) >= 11 is 0. The normalized spacial score (nSPS) is 23.9. The van der Waals surface area contributed by atoms with Crippen molar-refractivity contribution in [3.8, 4) is 0 Å². The minimum absolute atomic E-state index is 0. The molecule has 2 heterocycles. The standard InChI is InChI=1S/C12H24N4O3S.ClH/c1-20(18,19)14-11-2-6-15(10-11)7-3-12(17)16-8-4-13-5-9-16;/h11,13-14H,2-10H2,1H3;1H. The van der Waals surface area contributed by atoms with Crippen LogP contribution in [-0.2, 0) is 14.8 Å². The molecular formula is C12H25ClN4O3S. The van der Waals surface area contributed by atoms with Gasteiger partial charge in [0.2, 0.25) is 15.9 Å². The molecule has 21 heavy (non-hydrogen) atoms. The number of rotatable bonds is 5. The SMILES string of the molecule is CS(=O)(=O)NC1CCN(CCC(=O)N2CCNCC2)C1.Cl. The molecule has 0 bridgehead atoms. The quantitative estimate of drug-likeness (QED) is 0.661. The van der Waals surface area contributed by atoms with E-state index in [1.54, 1.807) is 0 Å². The summed E-state index contributed by atoms with van der Waals surface area (Å²) in [5.41, 5.74) is 0. The van der Waals surface area contributed by atoms with Crippen molar-refractivity contribution in [1.29, 1.82) is 0 Å². The molecule has 0 radical (unpaired) electrons. The molecule has 0 aliphatic carbocycles. The minimum atomic E-state index is -3.14. The lowest BCUT2D eigenvalue weighted by Gasteiger charge is -2.28. The predicted molar refractivity (Wildman–Crippen MR) is 84.1 cm³/mol. The van der Waals surface area contributed by atoms with Gasteiger partial charge in [-0.2, -0.15) is 0 Å². The lowest BCUT2D eigenvalue weighted by molar-refractivity contribution is -0.132. The number of halogens is 1. The van der Waals surface area contributed by atoms with Crippen LogP contribution < -0.4 is 10.0 Å². The Hall–Kier alpha value is -0.410. The van der Waals surface area contributed by atoms with E-state index in [4.69, 9.17) is 0 Å². The maximum absolute atomic E-state index is 12.0. The zero-order chi connectivity index (χ0) is 14.6. The van der Waals surface area contributed by atoms with Crippen molar-refractivity contribution in [2.45, 2.75) is 18.9 Å². The molecule has 2 rings (SSSR count). The lowest BCUT2D eigenvalue weighted by Crippen LogP contribution is -2.47. The maximum atomic E-state index is 12.0. The van der Waals surface area contributed by atoms with Gasteiger partial charge in [-0.1, -0.05) is 0 Å². The van der Waals surface area contributed by atoms with Gasteiger partial charge in [-0.05, 0) is 13.0 Å². The van der Waals surface area contributed by atoms with E-state index < -0.39 is 10.0 Å². The molecule has 0 aromatic rings. The first-order valence-electron chi connectivity index (χ1n) is 7.12. The number of sulfonamides is 1. The molecular weight excluding hydrogens is 316 g/mol. The number of nitrogens with zero attached hydrogens (tertiary/aromatic N) is 2. The lowest BCUT2D eigenvalue weighted by atomic mass is 10.3. The second-order valence-corrected chi connectivity index (χ2v) is 7.34. The minimum Gasteiger partial charge on any atom is -0.340 e. The molecule has 0 aromatic carbocycles. The maximum Gasteiger partial charge on any atom is 0.223 e. The van der Waals surface area contributed by atoms with Crippen molar-refractivity contribution in [2.24, 2.45) is 0 Å².